The number of ketones is 1. The van der Waals surface area contributed by atoms with Crippen molar-refractivity contribution in [3.8, 4) is 0 Å². The molecule has 1 fully saturated rings. The van der Waals surface area contributed by atoms with E-state index in [1.165, 1.54) is 18.7 Å². The van der Waals surface area contributed by atoms with Gasteiger partial charge in [0.1, 0.15) is 5.78 Å². The van der Waals surface area contributed by atoms with Crippen molar-refractivity contribution in [2.45, 2.75) is 13.3 Å². The molecule has 5 heteroatoms. The zero-order chi connectivity index (χ0) is 9.84. The summed E-state index contributed by atoms with van der Waals surface area (Å²) >= 11 is 1.18. The van der Waals surface area contributed by atoms with Crippen molar-refractivity contribution in [2.24, 2.45) is 5.92 Å². The molecule has 1 N–H and O–H groups in total. The average Bonchev–Trinajstić information content (AvgIpc) is 2.47. The molecule has 1 atom stereocenters. The van der Waals surface area contributed by atoms with Gasteiger partial charge >= 0.3 is 0 Å². The van der Waals surface area contributed by atoms with E-state index in [0.717, 1.165) is 0 Å². The van der Waals surface area contributed by atoms with Crippen molar-refractivity contribution >= 4 is 28.6 Å². The Morgan fingerprint density at radius 3 is 2.85 bits per heavy atom. The Morgan fingerprint density at radius 2 is 2.38 bits per heavy atom. The standard InChI is InChI=1S/C8H11NO3S.H2/c1-5(10)3-9-8(12)6-2-7(11)13-4-6;/h6H,2-4H2,1H3,(H,9,12);1H/t6-;/m1./s1. The van der Waals surface area contributed by atoms with Crippen LogP contribution in [0.3, 0.4) is 0 Å². The molecule has 74 valence electrons. The topological polar surface area (TPSA) is 63.2 Å². The van der Waals surface area contributed by atoms with E-state index in [-0.39, 0.29) is 30.7 Å². The minimum absolute atomic E-state index is 0. The van der Waals surface area contributed by atoms with Crippen molar-refractivity contribution in [1.82, 2.24) is 5.32 Å². The highest BCUT2D eigenvalue weighted by Crippen LogP contribution is 2.24. The summed E-state index contributed by atoms with van der Waals surface area (Å²) in [5.41, 5.74) is 0. The molecular weight excluding hydrogens is 190 g/mol. The first-order valence-corrected chi connectivity index (χ1v) is 5.01. The summed E-state index contributed by atoms with van der Waals surface area (Å²) in [5.74, 6) is 0.0403. The quantitative estimate of drug-likeness (QED) is 0.712. The second-order valence-electron chi connectivity index (χ2n) is 3.00. The van der Waals surface area contributed by atoms with Crippen LogP contribution in [0.25, 0.3) is 0 Å². The Balaban J connectivity index is 0.00000169. The van der Waals surface area contributed by atoms with Gasteiger partial charge < -0.3 is 5.32 Å². The van der Waals surface area contributed by atoms with Gasteiger partial charge in [0.2, 0.25) is 5.91 Å². The van der Waals surface area contributed by atoms with Gasteiger partial charge in [-0.1, -0.05) is 11.8 Å². The normalized spacial score (nSPS) is 21.6. The molecule has 0 aromatic heterocycles. The van der Waals surface area contributed by atoms with Crippen LogP contribution in [0.2, 0.25) is 0 Å². The molecule has 0 spiro atoms. The van der Waals surface area contributed by atoms with Gasteiger partial charge in [-0.05, 0) is 6.92 Å². The second kappa shape index (κ2) is 4.41. The van der Waals surface area contributed by atoms with Gasteiger partial charge in [0.15, 0.2) is 5.12 Å². The average molecular weight is 203 g/mol. The fourth-order valence-electron chi connectivity index (χ4n) is 1.04. The molecule has 1 amide bonds. The second-order valence-corrected chi connectivity index (χ2v) is 4.08. The molecule has 0 bridgehead atoms. The van der Waals surface area contributed by atoms with E-state index in [1.54, 1.807) is 0 Å². The third-order valence-electron chi connectivity index (χ3n) is 1.74. The zero-order valence-corrected chi connectivity index (χ0v) is 8.15. The van der Waals surface area contributed by atoms with Crippen LogP contribution in [0.5, 0.6) is 0 Å². The summed E-state index contributed by atoms with van der Waals surface area (Å²) in [6.07, 6.45) is 0.300. The van der Waals surface area contributed by atoms with Gasteiger partial charge in [0.05, 0.1) is 12.5 Å². The van der Waals surface area contributed by atoms with Crippen molar-refractivity contribution in [2.75, 3.05) is 12.3 Å². The Labute approximate surface area is 81.9 Å². The van der Waals surface area contributed by atoms with Gasteiger partial charge in [0, 0.05) is 13.6 Å². The molecule has 0 radical (unpaired) electrons. The lowest BCUT2D eigenvalue weighted by atomic mass is 10.1. The van der Waals surface area contributed by atoms with Gasteiger partial charge in [0.25, 0.3) is 0 Å². The predicted octanol–water partition coefficient (Wildman–Crippen LogP) is 0.217. The Morgan fingerprint density at radius 1 is 1.69 bits per heavy atom. The molecule has 13 heavy (non-hydrogen) atoms. The molecule has 0 aromatic rings. The number of rotatable bonds is 3. The summed E-state index contributed by atoms with van der Waals surface area (Å²) in [6.45, 7) is 1.48. The number of Topliss-reactive ketones (excluding diaryl/α,β-unsaturated/α-hetero) is 1. The number of hydrogen-bond donors (Lipinski definition) is 1. The van der Waals surface area contributed by atoms with Crippen molar-refractivity contribution in [3.05, 3.63) is 0 Å². The molecule has 1 saturated heterocycles. The molecule has 0 aromatic carbocycles. The molecule has 1 aliphatic rings. The highest BCUT2D eigenvalue weighted by atomic mass is 32.2. The van der Waals surface area contributed by atoms with Crippen LogP contribution in [-0.4, -0.2) is 29.1 Å². The number of thioether (sulfide) groups is 1. The van der Waals surface area contributed by atoms with Gasteiger partial charge in [-0.2, -0.15) is 0 Å². The smallest absolute Gasteiger partial charge is 0.224 e. The molecule has 0 unspecified atom stereocenters. The third kappa shape index (κ3) is 3.18. The SMILES string of the molecule is CC(=O)CNC(=O)[C@H]1CSC(=O)C1.[HH]. The Kier molecular flexibility index (Phi) is 3.48. The highest BCUT2D eigenvalue weighted by molar-refractivity contribution is 8.14. The van der Waals surface area contributed by atoms with Crippen LogP contribution < -0.4 is 5.32 Å². The summed E-state index contributed by atoms with van der Waals surface area (Å²) in [7, 11) is 0. The lowest BCUT2D eigenvalue weighted by Crippen LogP contribution is -2.34. The Hall–Kier alpha value is -0.840. The number of nitrogens with one attached hydrogen (secondary N) is 1. The fourth-order valence-corrected chi connectivity index (χ4v) is 2.01. The number of amides is 1. The maximum Gasteiger partial charge on any atom is 0.224 e. The minimum Gasteiger partial charge on any atom is -0.349 e. The van der Waals surface area contributed by atoms with Gasteiger partial charge in [-0.3, -0.25) is 14.4 Å². The van der Waals surface area contributed by atoms with Crippen LogP contribution in [0.15, 0.2) is 0 Å². The molecular formula is C8H13NO3S. The maximum atomic E-state index is 11.3. The number of carbonyl (C=O) groups is 3. The van der Waals surface area contributed by atoms with Gasteiger partial charge in [-0.15, -0.1) is 0 Å². The number of hydrogen-bond acceptors (Lipinski definition) is 4. The van der Waals surface area contributed by atoms with Crippen molar-refractivity contribution in [1.29, 1.82) is 0 Å². The first-order valence-electron chi connectivity index (χ1n) is 4.02. The van der Waals surface area contributed by atoms with E-state index in [0.29, 0.717) is 12.2 Å². The summed E-state index contributed by atoms with van der Waals surface area (Å²) in [5, 5.41) is 2.55. The van der Waals surface area contributed by atoms with Crippen molar-refractivity contribution in [3.63, 3.8) is 0 Å². The fraction of sp³-hybridized carbons (Fsp3) is 0.625. The molecule has 4 nitrogen and oxygen atoms in total. The Bertz CT molecular complexity index is 257. The molecule has 1 heterocycles. The lowest BCUT2D eigenvalue weighted by Gasteiger charge is -2.06. The largest absolute Gasteiger partial charge is 0.349 e. The van der Waals surface area contributed by atoms with E-state index in [4.69, 9.17) is 0 Å². The minimum atomic E-state index is -0.239. The van der Waals surface area contributed by atoms with Crippen LogP contribution >= 0.6 is 11.8 Å². The molecule has 0 aliphatic carbocycles. The maximum absolute atomic E-state index is 11.3. The molecule has 1 aliphatic heterocycles. The van der Waals surface area contributed by atoms with Crippen LogP contribution in [-0.2, 0) is 14.4 Å². The first-order chi connectivity index (χ1) is 6.09. The summed E-state index contributed by atoms with van der Waals surface area (Å²) in [4.78, 5) is 32.6. The predicted molar refractivity (Wildman–Crippen MR) is 51.4 cm³/mol. The monoisotopic (exact) mass is 203 g/mol. The number of carbonyl (C=O) groups excluding carboxylic acids is 3. The van der Waals surface area contributed by atoms with Crippen LogP contribution in [0.4, 0.5) is 0 Å². The summed E-state index contributed by atoms with van der Waals surface area (Å²) in [6, 6.07) is 0. The molecule has 0 saturated carbocycles. The third-order valence-corrected chi connectivity index (χ3v) is 2.80. The van der Waals surface area contributed by atoms with E-state index >= 15 is 0 Å². The van der Waals surface area contributed by atoms with Gasteiger partial charge in [-0.25, -0.2) is 0 Å². The first kappa shape index (κ1) is 10.2. The van der Waals surface area contributed by atoms with E-state index < -0.39 is 0 Å². The highest BCUT2D eigenvalue weighted by Gasteiger charge is 2.28. The van der Waals surface area contributed by atoms with E-state index in [9.17, 15) is 14.4 Å². The van der Waals surface area contributed by atoms with Crippen LogP contribution in [0.1, 0.15) is 14.8 Å². The zero-order valence-electron chi connectivity index (χ0n) is 7.33. The van der Waals surface area contributed by atoms with E-state index in [1.807, 2.05) is 0 Å². The summed E-state index contributed by atoms with van der Waals surface area (Å²) < 4.78 is 0. The van der Waals surface area contributed by atoms with E-state index in [2.05, 4.69) is 5.32 Å². The van der Waals surface area contributed by atoms with Crippen molar-refractivity contribution < 1.29 is 15.8 Å². The molecule has 1 rings (SSSR count). The van der Waals surface area contributed by atoms with Crippen LogP contribution in [0, 0.1) is 5.92 Å². The lowest BCUT2D eigenvalue weighted by molar-refractivity contribution is -0.127.